The van der Waals surface area contributed by atoms with E-state index in [0.717, 1.165) is 44.1 Å². The third kappa shape index (κ3) is 3.85. The highest BCUT2D eigenvalue weighted by molar-refractivity contribution is 7.98. The molecule has 2 aromatic carbocycles. The fraction of sp³-hybridized carbons (Fsp3) is 0.200. The number of methoxy groups -OCH3 is 1. The Morgan fingerprint density at radius 1 is 1.19 bits per heavy atom. The van der Waals surface area contributed by atoms with Crippen LogP contribution in [0, 0.1) is 0 Å². The van der Waals surface area contributed by atoms with E-state index < -0.39 is 12.0 Å². The Labute approximate surface area is 190 Å². The zero-order chi connectivity index (χ0) is 22.1. The molecule has 32 heavy (non-hydrogen) atoms. The smallest absolute Gasteiger partial charge is 0.321 e. The van der Waals surface area contributed by atoms with Crippen molar-refractivity contribution in [3.8, 4) is 5.75 Å². The molecule has 0 saturated heterocycles. The van der Waals surface area contributed by atoms with Crippen LogP contribution in [-0.2, 0) is 17.0 Å². The lowest BCUT2D eigenvalue weighted by Gasteiger charge is -2.30. The molecule has 6 nitrogen and oxygen atoms in total. The van der Waals surface area contributed by atoms with Gasteiger partial charge in [-0.2, -0.15) is 0 Å². The number of aromatic amines is 1. The van der Waals surface area contributed by atoms with Gasteiger partial charge in [-0.15, -0.1) is 11.8 Å². The highest BCUT2D eigenvalue weighted by Gasteiger charge is 2.34. The first kappa shape index (κ1) is 20.6. The molecule has 0 unspecified atom stereocenters. The number of ether oxygens (including phenoxy) is 1. The number of H-pyrrole nitrogens is 1. The van der Waals surface area contributed by atoms with Crippen molar-refractivity contribution in [2.24, 2.45) is 0 Å². The number of pyridine rings is 1. The Morgan fingerprint density at radius 2 is 2.03 bits per heavy atom. The lowest BCUT2D eigenvalue weighted by molar-refractivity contribution is -0.139. The second-order valence-electron chi connectivity index (χ2n) is 7.79. The maximum Gasteiger partial charge on any atom is 0.321 e. The van der Waals surface area contributed by atoms with E-state index in [0.29, 0.717) is 12.2 Å². The number of rotatable bonds is 6. The maximum absolute atomic E-state index is 11.9. The Kier molecular flexibility index (Phi) is 5.59. The lowest BCUT2D eigenvalue weighted by atomic mass is 9.90. The number of aliphatic carboxylic acids is 1. The van der Waals surface area contributed by atoms with Gasteiger partial charge in [0.25, 0.3) is 0 Å². The molecular weight excluding hydrogens is 422 g/mol. The van der Waals surface area contributed by atoms with E-state index >= 15 is 0 Å². The summed E-state index contributed by atoms with van der Waals surface area (Å²) in [6.07, 6.45) is 2.23. The molecule has 0 fully saturated rings. The third-order valence-corrected chi connectivity index (χ3v) is 6.85. The molecule has 0 bridgehead atoms. The molecular formula is C25H23N3O3S. The van der Waals surface area contributed by atoms with E-state index in [-0.39, 0.29) is 6.04 Å². The summed E-state index contributed by atoms with van der Waals surface area (Å²) in [4.78, 5) is 19.8. The van der Waals surface area contributed by atoms with E-state index in [2.05, 4.69) is 27.4 Å². The van der Waals surface area contributed by atoms with Gasteiger partial charge in [0.15, 0.2) is 0 Å². The van der Waals surface area contributed by atoms with Crippen molar-refractivity contribution in [1.82, 2.24) is 15.3 Å². The highest BCUT2D eigenvalue weighted by atomic mass is 32.2. The predicted molar refractivity (Wildman–Crippen MR) is 125 cm³/mol. The number of aromatic nitrogens is 2. The largest absolute Gasteiger partial charge is 0.496 e. The summed E-state index contributed by atoms with van der Waals surface area (Å²) in [6.45, 7) is 0. The average molecular weight is 446 g/mol. The normalized spacial score (nSPS) is 17.8. The van der Waals surface area contributed by atoms with Crippen LogP contribution < -0.4 is 10.1 Å². The maximum atomic E-state index is 11.9. The SMILES string of the molecule is COc1ccc([C@@H]2N[C@H](C(=O)O)Cc3c2[nH]c2ccccc32)cc1CSc1ccccn1. The van der Waals surface area contributed by atoms with Gasteiger partial charge in [0.05, 0.1) is 18.2 Å². The molecule has 0 aliphatic carbocycles. The summed E-state index contributed by atoms with van der Waals surface area (Å²) in [7, 11) is 1.67. The van der Waals surface area contributed by atoms with Gasteiger partial charge in [-0.3, -0.25) is 10.1 Å². The molecule has 2 atom stereocenters. The molecule has 4 aromatic rings. The number of hydrogen-bond acceptors (Lipinski definition) is 5. The number of nitrogens with zero attached hydrogens (tertiary/aromatic N) is 1. The van der Waals surface area contributed by atoms with E-state index in [4.69, 9.17) is 4.74 Å². The van der Waals surface area contributed by atoms with E-state index in [9.17, 15) is 9.90 Å². The van der Waals surface area contributed by atoms with Gasteiger partial charge in [-0.25, -0.2) is 4.98 Å². The van der Waals surface area contributed by atoms with Crippen LogP contribution in [0.2, 0.25) is 0 Å². The van der Waals surface area contributed by atoms with Crippen LogP contribution >= 0.6 is 11.8 Å². The first-order chi connectivity index (χ1) is 15.6. The second-order valence-corrected chi connectivity index (χ2v) is 8.78. The number of thioether (sulfide) groups is 1. The van der Waals surface area contributed by atoms with Crippen LogP contribution in [0.25, 0.3) is 10.9 Å². The number of nitrogens with one attached hydrogen (secondary N) is 2. The third-order valence-electron chi connectivity index (χ3n) is 5.86. The molecule has 1 aliphatic rings. The van der Waals surface area contributed by atoms with Gasteiger partial charge < -0.3 is 14.8 Å². The minimum Gasteiger partial charge on any atom is -0.496 e. The molecule has 0 amide bonds. The summed E-state index contributed by atoms with van der Waals surface area (Å²) in [5.41, 5.74) is 5.16. The minimum absolute atomic E-state index is 0.253. The van der Waals surface area contributed by atoms with Crippen molar-refractivity contribution in [1.29, 1.82) is 0 Å². The minimum atomic E-state index is -0.842. The number of para-hydroxylation sites is 1. The molecule has 5 rings (SSSR count). The highest BCUT2D eigenvalue weighted by Crippen LogP contribution is 2.37. The summed E-state index contributed by atoms with van der Waals surface area (Å²) < 4.78 is 5.60. The molecule has 0 saturated carbocycles. The van der Waals surface area contributed by atoms with Crippen LogP contribution in [0.1, 0.15) is 28.4 Å². The second kappa shape index (κ2) is 8.68. The van der Waals surface area contributed by atoms with Gasteiger partial charge in [-0.1, -0.05) is 30.3 Å². The van der Waals surface area contributed by atoms with Crippen LogP contribution in [0.4, 0.5) is 0 Å². The van der Waals surface area contributed by atoms with Crippen LogP contribution in [0.5, 0.6) is 5.75 Å². The van der Waals surface area contributed by atoms with Crippen molar-refractivity contribution in [3.63, 3.8) is 0 Å². The molecule has 2 aromatic heterocycles. The summed E-state index contributed by atoms with van der Waals surface area (Å²) >= 11 is 1.64. The van der Waals surface area contributed by atoms with Crippen LogP contribution in [0.3, 0.4) is 0 Å². The van der Waals surface area contributed by atoms with E-state index in [1.165, 1.54) is 0 Å². The molecule has 0 spiro atoms. The average Bonchev–Trinajstić information content (AvgIpc) is 3.21. The van der Waals surface area contributed by atoms with Crippen LogP contribution in [-0.4, -0.2) is 34.2 Å². The van der Waals surface area contributed by atoms with Crippen molar-refractivity contribution in [2.45, 2.75) is 29.3 Å². The Bertz CT molecular complexity index is 1270. The molecule has 3 heterocycles. The monoisotopic (exact) mass is 445 g/mol. The Balaban J connectivity index is 1.54. The first-order valence-electron chi connectivity index (χ1n) is 10.4. The summed E-state index contributed by atoms with van der Waals surface area (Å²) in [5.74, 6) is 0.660. The number of hydrogen-bond donors (Lipinski definition) is 3. The Hall–Kier alpha value is -3.29. The van der Waals surface area contributed by atoms with Crippen molar-refractivity contribution >= 4 is 28.6 Å². The predicted octanol–water partition coefficient (Wildman–Crippen LogP) is 4.55. The number of carboxylic acid groups (broad SMARTS) is 1. The van der Waals surface area contributed by atoms with Gasteiger partial charge in [0, 0.05) is 40.5 Å². The molecule has 0 radical (unpaired) electrons. The zero-order valence-electron chi connectivity index (χ0n) is 17.5. The first-order valence-corrected chi connectivity index (χ1v) is 11.4. The number of fused-ring (bicyclic) bond motifs is 3. The Morgan fingerprint density at radius 3 is 2.81 bits per heavy atom. The zero-order valence-corrected chi connectivity index (χ0v) is 18.4. The lowest BCUT2D eigenvalue weighted by Crippen LogP contribution is -2.45. The van der Waals surface area contributed by atoms with Gasteiger partial charge in [0.1, 0.15) is 11.8 Å². The number of carbonyl (C=O) groups is 1. The van der Waals surface area contributed by atoms with Gasteiger partial charge in [0.2, 0.25) is 0 Å². The van der Waals surface area contributed by atoms with Gasteiger partial charge >= 0.3 is 5.97 Å². The summed E-state index contributed by atoms with van der Waals surface area (Å²) in [5, 5.41) is 15.1. The van der Waals surface area contributed by atoms with Crippen molar-refractivity contribution < 1.29 is 14.6 Å². The standard InChI is InChI=1S/C25H23N3O3S/c1-31-21-10-9-15(12-16(21)14-32-22-8-4-5-11-26-22)23-24-18(13-20(28-23)25(29)30)17-6-2-3-7-19(17)27-24/h2-12,20,23,27-28H,13-14H2,1H3,(H,29,30)/t20-,23-/m0/s1. The van der Waals surface area contributed by atoms with Crippen LogP contribution in [0.15, 0.2) is 71.9 Å². The number of benzene rings is 2. The molecule has 162 valence electrons. The fourth-order valence-electron chi connectivity index (χ4n) is 4.33. The van der Waals surface area contributed by atoms with E-state index in [1.54, 1.807) is 25.1 Å². The van der Waals surface area contributed by atoms with Crippen molar-refractivity contribution in [2.75, 3.05) is 7.11 Å². The topological polar surface area (TPSA) is 87.2 Å². The number of carboxylic acids is 1. The molecule has 3 N–H and O–H groups in total. The van der Waals surface area contributed by atoms with Crippen molar-refractivity contribution in [3.05, 3.63) is 89.2 Å². The van der Waals surface area contributed by atoms with E-state index in [1.807, 2.05) is 48.5 Å². The van der Waals surface area contributed by atoms with Gasteiger partial charge in [-0.05, 0) is 41.5 Å². The molecule has 7 heteroatoms. The quantitative estimate of drug-likeness (QED) is 0.378. The fourth-order valence-corrected chi connectivity index (χ4v) is 5.17. The molecule has 1 aliphatic heterocycles. The summed E-state index contributed by atoms with van der Waals surface area (Å²) in [6, 6.07) is 19.1.